The molecule has 1 unspecified atom stereocenters. The van der Waals surface area contributed by atoms with Gasteiger partial charge in [-0.15, -0.1) is 0 Å². The molecular formula is C17H17N3O4. The van der Waals surface area contributed by atoms with E-state index in [0.29, 0.717) is 17.1 Å². The Bertz CT molecular complexity index is 777. The molecule has 24 heavy (non-hydrogen) atoms. The molecule has 1 aliphatic heterocycles. The van der Waals surface area contributed by atoms with Gasteiger partial charge in [-0.2, -0.15) is 0 Å². The third kappa shape index (κ3) is 3.22. The van der Waals surface area contributed by atoms with Gasteiger partial charge in [0, 0.05) is 18.1 Å². The van der Waals surface area contributed by atoms with E-state index >= 15 is 0 Å². The van der Waals surface area contributed by atoms with Crippen LogP contribution in [0.15, 0.2) is 48.5 Å². The quantitative estimate of drug-likeness (QED) is 0.566. The monoisotopic (exact) mass is 327 g/mol. The van der Waals surface area contributed by atoms with Crippen LogP contribution in [-0.4, -0.2) is 40.4 Å². The van der Waals surface area contributed by atoms with Crippen molar-refractivity contribution >= 4 is 23.4 Å². The molecule has 2 heterocycles. The lowest BCUT2D eigenvalue weighted by Gasteiger charge is -2.31. The minimum absolute atomic E-state index is 0.0666. The van der Waals surface area contributed by atoms with E-state index in [2.05, 4.69) is 4.98 Å². The highest BCUT2D eigenvalue weighted by molar-refractivity contribution is 6.10. The maximum atomic E-state index is 12.7. The topological polar surface area (TPSA) is 109 Å². The van der Waals surface area contributed by atoms with Crippen LogP contribution in [0.2, 0.25) is 0 Å². The maximum absolute atomic E-state index is 12.7. The van der Waals surface area contributed by atoms with Crippen LogP contribution in [0, 0.1) is 0 Å². The summed E-state index contributed by atoms with van der Waals surface area (Å²) in [6.45, 7) is -0.519. The van der Waals surface area contributed by atoms with Gasteiger partial charge in [0.05, 0.1) is 24.9 Å². The van der Waals surface area contributed by atoms with Crippen LogP contribution >= 0.6 is 0 Å². The number of benzene rings is 1. The van der Waals surface area contributed by atoms with Crippen LogP contribution in [-0.2, 0) is 4.79 Å². The zero-order chi connectivity index (χ0) is 17.1. The molecule has 0 aliphatic carbocycles. The zero-order valence-electron chi connectivity index (χ0n) is 12.8. The SMILES string of the molecule is Nc1ccc2c(c1)N(CC(O)CO)C(=O)/C(=C\c1ccncc1)O2. The molecule has 0 saturated carbocycles. The Balaban J connectivity index is 2.02. The smallest absolute Gasteiger partial charge is 0.294 e. The standard InChI is InChI=1S/C17H17N3O4/c18-12-1-2-15-14(8-12)20(9-13(22)10-21)17(23)16(24-15)7-11-3-5-19-6-4-11/h1-8,13,21-22H,9-10,18H2/b16-7+. The molecule has 3 rings (SSSR count). The van der Waals surface area contributed by atoms with Crippen molar-refractivity contribution in [3.63, 3.8) is 0 Å². The van der Waals surface area contributed by atoms with Crippen LogP contribution in [0.4, 0.5) is 11.4 Å². The Kier molecular flexibility index (Phi) is 4.45. The highest BCUT2D eigenvalue weighted by Crippen LogP contribution is 2.37. The molecule has 0 saturated heterocycles. The van der Waals surface area contributed by atoms with Crippen molar-refractivity contribution in [3.8, 4) is 5.75 Å². The number of fused-ring (bicyclic) bond motifs is 1. The highest BCUT2D eigenvalue weighted by Gasteiger charge is 2.31. The van der Waals surface area contributed by atoms with Crippen LogP contribution in [0.5, 0.6) is 5.75 Å². The van der Waals surface area contributed by atoms with Gasteiger partial charge in [-0.25, -0.2) is 0 Å². The molecule has 7 heteroatoms. The summed E-state index contributed by atoms with van der Waals surface area (Å²) in [6.07, 6.45) is 3.76. The molecule has 4 N–H and O–H groups in total. The van der Waals surface area contributed by atoms with E-state index in [1.807, 2.05) is 0 Å². The fraction of sp³-hybridized carbons (Fsp3) is 0.176. The zero-order valence-corrected chi connectivity index (χ0v) is 12.8. The third-order valence-corrected chi connectivity index (χ3v) is 3.56. The Hall–Kier alpha value is -2.90. The second kappa shape index (κ2) is 6.69. The lowest BCUT2D eigenvalue weighted by Crippen LogP contribution is -2.43. The lowest BCUT2D eigenvalue weighted by atomic mass is 10.1. The van der Waals surface area contributed by atoms with Crippen molar-refractivity contribution in [2.24, 2.45) is 0 Å². The first-order valence-corrected chi connectivity index (χ1v) is 7.38. The van der Waals surface area contributed by atoms with Crippen LogP contribution < -0.4 is 15.4 Å². The average Bonchev–Trinajstić information content (AvgIpc) is 2.59. The first-order valence-electron chi connectivity index (χ1n) is 7.38. The number of amides is 1. The van der Waals surface area contributed by atoms with Crippen molar-refractivity contribution < 1.29 is 19.7 Å². The first kappa shape index (κ1) is 16.0. The Morgan fingerprint density at radius 3 is 2.75 bits per heavy atom. The molecule has 0 spiro atoms. The number of aromatic nitrogens is 1. The minimum Gasteiger partial charge on any atom is -0.449 e. The van der Waals surface area contributed by atoms with Gasteiger partial charge < -0.3 is 20.7 Å². The second-order valence-electron chi connectivity index (χ2n) is 5.37. The van der Waals surface area contributed by atoms with Crippen molar-refractivity contribution in [2.45, 2.75) is 6.10 Å². The maximum Gasteiger partial charge on any atom is 0.294 e. The summed E-state index contributed by atoms with van der Waals surface area (Å²) in [7, 11) is 0. The van der Waals surface area contributed by atoms with Crippen LogP contribution in [0.1, 0.15) is 5.56 Å². The summed E-state index contributed by atoms with van der Waals surface area (Å²) in [5.41, 5.74) is 7.47. The molecule has 2 aromatic rings. The number of ether oxygens (including phenoxy) is 1. The van der Waals surface area contributed by atoms with E-state index < -0.39 is 18.6 Å². The number of nitrogen functional groups attached to an aromatic ring is 1. The van der Waals surface area contributed by atoms with Gasteiger partial charge in [0.15, 0.2) is 11.5 Å². The van der Waals surface area contributed by atoms with Crippen molar-refractivity contribution in [1.29, 1.82) is 0 Å². The number of nitrogens with two attached hydrogens (primary N) is 1. The molecule has 0 fully saturated rings. The number of rotatable bonds is 4. The summed E-state index contributed by atoms with van der Waals surface area (Å²) in [6, 6.07) is 8.42. The summed E-state index contributed by atoms with van der Waals surface area (Å²) in [5.74, 6) is 0.148. The largest absolute Gasteiger partial charge is 0.449 e. The minimum atomic E-state index is -1.07. The fourth-order valence-electron chi connectivity index (χ4n) is 2.39. The predicted octanol–water partition coefficient (Wildman–Crippen LogP) is 0.784. The molecule has 7 nitrogen and oxygen atoms in total. The normalized spacial score (nSPS) is 16.7. The number of nitrogens with zero attached hydrogens (tertiary/aromatic N) is 2. The number of hydrogen-bond donors (Lipinski definition) is 3. The van der Waals surface area contributed by atoms with E-state index in [1.165, 1.54) is 4.90 Å². The molecule has 1 aliphatic rings. The molecule has 0 bridgehead atoms. The van der Waals surface area contributed by atoms with E-state index in [0.717, 1.165) is 5.56 Å². The lowest BCUT2D eigenvalue weighted by molar-refractivity contribution is -0.118. The van der Waals surface area contributed by atoms with Gasteiger partial charge >= 0.3 is 0 Å². The van der Waals surface area contributed by atoms with Gasteiger partial charge in [-0.3, -0.25) is 14.7 Å². The van der Waals surface area contributed by atoms with Gasteiger partial charge in [0.2, 0.25) is 0 Å². The van der Waals surface area contributed by atoms with Crippen LogP contribution in [0.3, 0.4) is 0 Å². The van der Waals surface area contributed by atoms with Gasteiger partial charge in [-0.05, 0) is 42.0 Å². The fourth-order valence-corrected chi connectivity index (χ4v) is 2.39. The van der Waals surface area contributed by atoms with Crippen LogP contribution in [0.25, 0.3) is 6.08 Å². The van der Waals surface area contributed by atoms with E-state index in [1.54, 1.807) is 48.8 Å². The second-order valence-corrected chi connectivity index (χ2v) is 5.37. The molecule has 124 valence electrons. The molecule has 1 aromatic carbocycles. The number of β-amino-alcohol motifs (C(OH)–C–C–N with tert-alkyl or cyclic N) is 1. The van der Waals surface area contributed by atoms with Crippen molar-refractivity contribution in [2.75, 3.05) is 23.8 Å². The molecular weight excluding hydrogens is 310 g/mol. The molecule has 0 radical (unpaired) electrons. The number of pyridine rings is 1. The number of aliphatic hydroxyl groups is 2. The number of carbonyl (C=O) groups is 1. The van der Waals surface area contributed by atoms with Gasteiger partial charge in [0.1, 0.15) is 0 Å². The van der Waals surface area contributed by atoms with E-state index in [9.17, 15) is 9.90 Å². The Labute approximate surface area is 138 Å². The van der Waals surface area contributed by atoms with E-state index in [4.69, 9.17) is 15.6 Å². The molecule has 1 atom stereocenters. The predicted molar refractivity (Wildman–Crippen MR) is 89.1 cm³/mol. The van der Waals surface area contributed by atoms with Gasteiger partial charge in [0.25, 0.3) is 5.91 Å². The highest BCUT2D eigenvalue weighted by atomic mass is 16.5. The summed E-state index contributed by atoms with van der Waals surface area (Å²) >= 11 is 0. The Morgan fingerprint density at radius 1 is 1.29 bits per heavy atom. The molecule has 1 aromatic heterocycles. The summed E-state index contributed by atoms with van der Waals surface area (Å²) in [5, 5.41) is 18.8. The number of hydrogen-bond acceptors (Lipinski definition) is 6. The molecule has 1 amide bonds. The Morgan fingerprint density at radius 2 is 2.04 bits per heavy atom. The van der Waals surface area contributed by atoms with Crippen molar-refractivity contribution in [1.82, 2.24) is 4.98 Å². The third-order valence-electron chi connectivity index (χ3n) is 3.56. The average molecular weight is 327 g/mol. The number of carbonyl (C=O) groups excluding carboxylic acids is 1. The number of anilines is 2. The van der Waals surface area contributed by atoms with E-state index in [-0.39, 0.29) is 12.3 Å². The summed E-state index contributed by atoms with van der Waals surface area (Å²) < 4.78 is 5.70. The van der Waals surface area contributed by atoms with Crippen molar-refractivity contribution in [3.05, 3.63) is 54.0 Å². The first-order chi connectivity index (χ1) is 11.6. The number of aliphatic hydroxyl groups excluding tert-OH is 2. The van der Waals surface area contributed by atoms with Gasteiger partial charge in [-0.1, -0.05) is 0 Å². The summed E-state index contributed by atoms with van der Waals surface area (Å²) in [4.78, 5) is 18.0.